The Bertz CT molecular complexity index is 155. The maximum absolute atomic E-state index is 9.27. The summed E-state index contributed by atoms with van der Waals surface area (Å²) in [7, 11) is 0. The second-order valence-electron chi connectivity index (χ2n) is 4.39. The van der Waals surface area contributed by atoms with Crippen molar-refractivity contribution in [2.24, 2.45) is 11.8 Å². The normalized spacial score (nSPS) is 26.8. The summed E-state index contributed by atoms with van der Waals surface area (Å²) in [5, 5.41) is 12.8. The lowest BCUT2D eigenvalue weighted by atomic mass is 9.80. The maximum Gasteiger partial charge on any atom is 0.0462 e. The number of thioether (sulfide) groups is 1. The van der Waals surface area contributed by atoms with Crippen LogP contribution in [0.25, 0.3) is 0 Å². The van der Waals surface area contributed by atoms with E-state index in [2.05, 4.69) is 12.2 Å². The van der Waals surface area contributed by atoms with Crippen LogP contribution in [0.2, 0.25) is 0 Å². The van der Waals surface area contributed by atoms with Gasteiger partial charge < -0.3 is 10.4 Å². The molecule has 0 aromatic carbocycles. The molecule has 15 heavy (non-hydrogen) atoms. The number of rotatable bonds is 7. The number of hydrogen-bond donors (Lipinski definition) is 2. The zero-order chi connectivity index (χ0) is 10.9. The van der Waals surface area contributed by atoms with E-state index in [4.69, 9.17) is 0 Å². The Balaban J connectivity index is 2.07. The molecule has 0 spiro atoms. The van der Waals surface area contributed by atoms with Gasteiger partial charge in [0.25, 0.3) is 0 Å². The van der Waals surface area contributed by atoms with Crippen molar-refractivity contribution in [1.29, 1.82) is 0 Å². The van der Waals surface area contributed by atoms with Gasteiger partial charge in [-0.05, 0) is 37.0 Å². The topological polar surface area (TPSA) is 32.3 Å². The van der Waals surface area contributed by atoms with Gasteiger partial charge in [-0.1, -0.05) is 19.8 Å². The first-order chi connectivity index (χ1) is 7.38. The molecule has 0 saturated heterocycles. The zero-order valence-electron chi connectivity index (χ0n) is 9.87. The molecule has 2 atom stereocenters. The van der Waals surface area contributed by atoms with E-state index in [0.29, 0.717) is 12.5 Å². The van der Waals surface area contributed by atoms with E-state index in [1.807, 2.05) is 11.8 Å². The van der Waals surface area contributed by atoms with Crippen molar-refractivity contribution in [3.63, 3.8) is 0 Å². The summed E-state index contributed by atoms with van der Waals surface area (Å²) in [6.45, 7) is 4.81. The van der Waals surface area contributed by atoms with Crippen LogP contribution in [0.4, 0.5) is 0 Å². The number of aliphatic hydroxyl groups is 1. The van der Waals surface area contributed by atoms with E-state index in [1.54, 1.807) is 0 Å². The third-order valence-electron chi connectivity index (χ3n) is 3.33. The van der Waals surface area contributed by atoms with Crippen LogP contribution < -0.4 is 5.32 Å². The zero-order valence-corrected chi connectivity index (χ0v) is 10.7. The Hall–Kier alpha value is 0.270. The van der Waals surface area contributed by atoms with Crippen molar-refractivity contribution in [2.45, 2.75) is 32.6 Å². The van der Waals surface area contributed by atoms with Gasteiger partial charge in [0.15, 0.2) is 0 Å². The summed E-state index contributed by atoms with van der Waals surface area (Å²) in [6, 6.07) is 0. The van der Waals surface area contributed by atoms with Crippen LogP contribution in [0.5, 0.6) is 0 Å². The molecule has 1 aliphatic rings. The molecule has 0 bridgehead atoms. The first-order valence-corrected chi connectivity index (χ1v) is 7.43. The van der Waals surface area contributed by atoms with Gasteiger partial charge in [0.05, 0.1) is 0 Å². The molecule has 1 rings (SSSR count). The van der Waals surface area contributed by atoms with E-state index in [-0.39, 0.29) is 0 Å². The summed E-state index contributed by atoms with van der Waals surface area (Å²) < 4.78 is 0. The fraction of sp³-hybridized carbons (Fsp3) is 1.00. The fourth-order valence-corrected chi connectivity index (χ4v) is 2.95. The van der Waals surface area contributed by atoms with Gasteiger partial charge in [-0.3, -0.25) is 0 Å². The van der Waals surface area contributed by atoms with Crippen LogP contribution in [-0.2, 0) is 0 Å². The molecule has 3 heteroatoms. The second kappa shape index (κ2) is 8.43. The van der Waals surface area contributed by atoms with Crippen molar-refractivity contribution >= 4 is 11.8 Å². The van der Waals surface area contributed by atoms with Crippen molar-refractivity contribution in [3.05, 3.63) is 0 Å². The minimum absolute atomic E-state index is 0.385. The molecule has 1 saturated carbocycles. The van der Waals surface area contributed by atoms with Gasteiger partial charge in [-0.2, -0.15) is 11.8 Å². The van der Waals surface area contributed by atoms with E-state index < -0.39 is 0 Å². The molecule has 1 fully saturated rings. The highest BCUT2D eigenvalue weighted by molar-refractivity contribution is 7.99. The maximum atomic E-state index is 9.27. The average Bonchev–Trinajstić information content (AvgIpc) is 2.29. The van der Waals surface area contributed by atoms with Crippen molar-refractivity contribution in [1.82, 2.24) is 5.32 Å². The lowest BCUT2D eigenvalue weighted by molar-refractivity contribution is 0.133. The lowest BCUT2D eigenvalue weighted by Gasteiger charge is -2.30. The van der Waals surface area contributed by atoms with Gasteiger partial charge in [0, 0.05) is 18.9 Å². The van der Waals surface area contributed by atoms with Gasteiger partial charge in [0.1, 0.15) is 0 Å². The Kier molecular flexibility index (Phi) is 7.49. The van der Waals surface area contributed by atoms with Crippen LogP contribution in [0.3, 0.4) is 0 Å². The highest BCUT2D eigenvalue weighted by Gasteiger charge is 2.23. The Morgan fingerprint density at radius 3 is 2.67 bits per heavy atom. The van der Waals surface area contributed by atoms with Gasteiger partial charge in [-0.25, -0.2) is 0 Å². The number of hydrogen-bond acceptors (Lipinski definition) is 3. The van der Waals surface area contributed by atoms with Crippen LogP contribution >= 0.6 is 11.8 Å². The summed E-state index contributed by atoms with van der Waals surface area (Å²) in [5.74, 6) is 3.71. The average molecular weight is 231 g/mol. The molecular weight excluding hydrogens is 206 g/mol. The molecular formula is C12H25NOS. The summed E-state index contributed by atoms with van der Waals surface area (Å²) in [6.07, 6.45) is 5.20. The molecule has 0 amide bonds. The van der Waals surface area contributed by atoms with E-state index in [0.717, 1.165) is 19.0 Å². The minimum atomic E-state index is 0.385. The molecule has 2 N–H and O–H groups in total. The van der Waals surface area contributed by atoms with Crippen molar-refractivity contribution in [2.75, 3.05) is 31.2 Å². The number of nitrogens with one attached hydrogen (secondary N) is 1. The summed E-state index contributed by atoms with van der Waals surface area (Å²) in [4.78, 5) is 0. The van der Waals surface area contributed by atoms with Crippen molar-refractivity contribution in [3.8, 4) is 0 Å². The van der Waals surface area contributed by atoms with Crippen LogP contribution in [0, 0.1) is 11.8 Å². The SMILES string of the molecule is CCSCCNCC1CCCCC1CO. The lowest BCUT2D eigenvalue weighted by Crippen LogP contribution is -2.33. The second-order valence-corrected chi connectivity index (χ2v) is 5.78. The Labute approximate surface area is 98.2 Å². The summed E-state index contributed by atoms with van der Waals surface area (Å²) in [5.41, 5.74) is 0. The smallest absolute Gasteiger partial charge is 0.0462 e. The molecule has 0 aliphatic heterocycles. The largest absolute Gasteiger partial charge is 0.396 e. The first-order valence-electron chi connectivity index (χ1n) is 6.27. The quantitative estimate of drug-likeness (QED) is 0.658. The molecule has 0 heterocycles. The first kappa shape index (κ1) is 13.3. The summed E-state index contributed by atoms with van der Waals surface area (Å²) >= 11 is 1.99. The molecule has 1 aliphatic carbocycles. The highest BCUT2D eigenvalue weighted by atomic mass is 32.2. The van der Waals surface area contributed by atoms with Crippen LogP contribution in [0.15, 0.2) is 0 Å². The predicted octanol–water partition coefficient (Wildman–Crippen LogP) is 2.13. The van der Waals surface area contributed by atoms with E-state index in [1.165, 1.54) is 37.2 Å². The third kappa shape index (κ3) is 5.23. The Morgan fingerprint density at radius 2 is 2.00 bits per heavy atom. The number of aliphatic hydroxyl groups excluding tert-OH is 1. The molecule has 0 radical (unpaired) electrons. The van der Waals surface area contributed by atoms with Gasteiger partial charge in [-0.15, -0.1) is 0 Å². The van der Waals surface area contributed by atoms with Crippen LogP contribution in [0.1, 0.15) is 32.6 Å². The minimum Gasteiger partial charge on any atom is -0.396 e. The molecule has 90 valence electrons. The highest BCUT2D eigenvalue weighted by Crippen LogP contribution is 2.28. The van der Waals surface area contributed by atoms with Crippen LogP contribution in [-0.4, -0.2) is 36.3 Å². The predicted molar refractivity (Wildman–Crippen MR) is 68.4 cm³/mol. The Morgan fingerprint density at radius 1 is 1.27 bits per heavy atom. The van der Waals surface area contributed by atoms with E-state index in [9.17, 15) is 5.11 Å². The standard InChI is InChI=1S/C12H25NOS/c1-2-15-8-7-13-9-11-5-3-4-6-12(11)10-14/h11-14H,2-10H2,1H3. The molecule has 0 aromatic heterocycles. The van der Waals surface area contributed by atoms with E-state index >= 15 is 0 Å². The monoisotopic (exact) mass is 231 g/mol. The fourth-order valence-electron chi connectivity index (χ4n) is 2.37. The van der Waals surface area contributed by atoms with Gasteiger partial charge >= 0.3 is 0 Å². The molecule has 2 unspecified atom stereocenters. The molecule has 2 nitrogen and oxygen atoms in total. The molecule has 0 aromatic rings. The van der Waals surface area contributed by atoms with Crippen molar-refractivity contribution < 1.29 is 5.11 Å². The van der Waals surface area contributed by atoms with Gasteiger partial charge in [0.2, 0.25) is 0 Å². The third-order valence-corrected chi connectivity index (χ3v) is 4.24.